The number of unbranched alkanes of at least 4 members (excludes halogenated alkanes) is 3. The summed E-state index contributed by atoms with van der Waals surface area (Å²) in [6.07, 6.45) is 4.51. The van der Waals surface area contributed by atoms with Crippen LogP contribution in [-0.4, -0.2) is 22.6 Å². The number of carboxylic acids is 1. The minimum atomic E-state index is -1.36. The van der Waals surface area contributed by atoms with Gasteiger partial charge in [-0.25, -0.2) is 4.79 Å². The Kier molecular flexibility index (Phi) is 6.77. The fourth-order valence-electron chi connectivity index (χ4n) is 1.41. The first-order valence-electron chi connectivity index (χ1n) is 5.91. The van der Waals surface area contributed by atoms with E-state index in [2.05, 4.69) is 6.92 Å². The largest absolute Gasteiger partial charge is 0.478 e. The number of hydrogen-bond acceptors (Lipinski definition) is 3. The molecule has 4 nitrogen and oxygen atoms in total. The summed E-state index contributed by atoms with van der Waals surface area (Å²) in [5.41, 5.74) is -1.36. The van der Waals surface area contributed by atoms with Crippen LogP contribution in [0.3, 0.4) is 0 Å². The molecule has 1 atom stereocenters. The van der Waals surface area contributed by atoms with Gasteiger partial charge >= 0.3 is 11.9 Å². The van der Waals surface area contributed by atoms with E-state index < -0.39 is 17.5 Å². The molecule has 4 heteroatoms. The molecule has 0 aliphatic heterocycles. The fourth-order valence-corrected chi connectivity index (χ4v) is 1.41. The quantitative estimate of drug-likeness (QED) is 0.514. The highest BCUT2D eigenvalue weighted by molar-refractivity contribution is 5.81. The van der Waals surface area contributed by atoms with E-state index in [1.807, 2.05) is 0 Å². The van der Waals surface area contributed by atoms with E-state index in [-0.39, 0.29) is 6.42 Å². The molecule has 0 bridgehead atoms. The van der Waals surface area contributed by atoms with Crippen LogP contribution in [0.15, 0.2) is 0 Å². The molecule has 16 heavy (non-hydrogen) atoms. The second-order valence-corrected chi connectivity index (χ2v) is 4.17. The van der Waals surface area contributed by atoms with Crippen LogP contribution in [0, 0.1) is 0 Å². The third-order valence-corrected chi connectivity index (χ3v) is 2.59. The SMILES string of the molecule is CCCCCCC(C)(OC(=O)CC)C(=O)O. The number of esters is 1. The van der Waals surface area contributed by atoms with Gasteiger partial charge in [0.05, 0.1) is 0 Å². The van der Waals surface area contributed by atoms with E-state index in [4.69, 9.17) is 9.84 Å². The maximum Gasteiger partial charge on any atom is 0.347 e. The minimum absolute atomic E-state index is 0.206. The Morgan fingerprint density at radius 3 is 2.25 bits per heavy atom. The van der Waals surface area contributed by atoms with Gasteiger partial charge in [-0.15, -0.1) is 0 Å². The van der Waals surface area contributed by atoms with Crippen molar-refractivity contribution in [3.8, 4) is 0 Å². The third kappa shape index (κ3) is 5.14. The highest BCUT2D eigenvalue weighted by Crippen LogP contribution is 2.21. The zero-order valence-corrected chi connectivity index (χ0v) is 10.4. The Morgan fingerprint density at radius 1 is 1.19 bits per heavy atom. The lowest BCUT2D eigenvalue weighted by Gasteiger charge is -2.24. The summed E-state index contributed by atoms with van der Waals surface area (Å²) in [4.78, 5) is 22.2. The minimum Gasteiger partial charge on any atom is -0.478 e. The fraction of sp³-hybridized carbons (Fsp3) is 0.833. The number of carbonyl (C=O) groups excluding carboxylic acids is 1. The molecular weight excluding hydrogens is 208 g/mol. The number of rotatable bonds is 8. The highest BCUT2D eigenvalue weighted by atomic mass is 16.6. The van der Waals surface area contributed by atoms with Gasteiger partial charge in [0.15, 0.2) is 0 Å². The average molecular weight is 230 g/mol. The molecular formula is C12H22O4. The maximum atomic E-state index is 11.1. The van der Waals surface area contributed by atoms with Crippen LogP contribution in [0.1, 0.15) is 59.3 Å². The first kappa shape index (κ1) is 14.9. The van der Waals surface area contributed by atoms with Gasteiger partial charge < -0.3 is 9.84 Å². The summed E-state index contributed by atoms with van der Waals surface area (Å²) in [6.45, 7) is 5.21. The number of carbonyl (C=O) groups is 2. The third-order valence-electron chi connectivity index (χ3n) is 2.59. The Balaban J connectivity index is 4.23. The molecule has 0 aromatic rings. The van der Waals surface area contributed by atoms with Crippen molar-refractivity contribution in [1.82, 2.24) is 0 Å². The first-order chi connectivity index (χ1) is 7.46. The average Bonchev–Trinajstić information content (AvgIpc) is 2.24. The standard InChI is InChI=1S/C12H22O4/c1-4-6-7-8-9-12(3,11(14)15)16-10(13)5-2/h4-9H2,1-3H3,(H,14,15). The van der Waals surface area contributed by atoms with E-state index in [9.17, 15) is 9.59 Å². The summed E-state index contributed by atoms with van der Waals surface area (Å²) in [5.74, 6) is -1.52. The van der Waals surface area contributed by atoms with Gasteiger partial charge in [0, 0.05) is 6.42 Å². The maximum absolute atomic E-state index is 11.1. The zero-order valence-electron chi connectivity index (χ0n) is 10.4. The molecule has 0 rings (SSSR count). The van der Waals surface area contributed by atoms with Crippen molar-refractivity contribution in [3.05, 3.63) is 0 Å². The van der Waals surface area contributed by atoms with Crippen LogP contribution in [-0.2, 0) is 14.3 Å². The Labute approximate surface area is 97.0 Å². The molecule has 0 aliphatic carbocycles. The van der Waals surface area contributed by atoms with Gasteiger partial charge in [0.25, 0.3) is 0 Å². The van der Waals surface area contributed by atoms with Crippen LogP contribution in [0.4, 0.5) is 0 Å². The number of carboxylic acid groups (broad SMARTS) is 1. The van der Waals surface area contributed by atoms with E-state index >= 15 is 0 Å². The van der Waals surface area contributed by atoms with Crippen molar-refractivity contribution < 1.29 is 19.4 Å². The van der Waals surface area contributed by atoms with Gasteiger partial charge in [0.2, 0.25) is 5.60 Å². The monoisotopic (exact) mass is 230 g/mol. The predicted molar refractivity (Wildman–Crippen MR) is 61.2 cm³/mol. The van der Waals surface area contributed by atoms with E-state index in [0.717, 1.165) is 25.7 Å². The first-order valence-corrected chi connectivity index (χ1v) is 5.91. The topological polar surface area (TPSA) is 63.6 Å². The lowest BCUT2D eigenvalue weighted by Crippen LogP contribution is -2.40. The molecule has 0 aliphatic rings. The van der Waals surface area contributed by atoms with E-state index in [1.165, 1.54) is 6.92 Å². The summed E-state index contributed by atoms with van der Waals surface area (Å²) < 4.78 is 4.99. The molecule has 1 N–H and O–H groups in total. The zero-order chi connectivity index (χ0) is 12.6. The number of aliphatic carboxylic acids is 1. The molecule has 0 saturated carbocycles. The Morgan fingerprint density at radius 2 is 1.81 bits per heavy atom. The Bertz CT molecular complexity index is 237. The van der Waals surface area contributed by atoms with Crippen molar-refractivity contribution in [1.29, 1.82) is 0 Å². The number of ether oxygens (including phenoxy) is 1. The van der Waals surface area contributed by atoms with Gasteiger partial charge in [0.1, 0.15) is 0 Å². The highest BCUT2D eigenvalue weighted by Gasteiger charge is 2.36. The van der Waals surface area contributed by atoms with Gasteiger partial charge in [-0.1, -0.05) is 33.1 Å². The molecule has 0 aromatic carbocycles. The molecule has 94 valence electrons. The second kappa shape index (κ2) is 7.25. The van der Waals surface area contributed by atoms with Gasteiger partial charge in [-0.2, -0.15) is 0 Å². The van der Waals surface area contributed by atoms with Crippen molar-refractivity contribution in [2.45, 2.75) is 64.9 Å². The number of hydrogen-bond donors (Lipinski definition) is 1. The molecule has 0 amide bonds. The molecule has 0 radical (unpaired) electrons. The summed E-state index contributed by atoms with van der Waals surface area (Å²) in [6, 6.07) is 0. The lowest BCUT2D eigenvalue weighted by atomic mass is 9.98. The van der Waals surface area contributed by atoms with Gasteiger partial charge in [-0.05, 0) is 19.8 Å². The predicted octanol–water partition coefficient (Wildman–Crippen LogP) is 2.75. The molecule has 0 saturated heterocycles. The van der Waals surface area contributed by atoms with E-state index in [1.54, 1.807) is 6.92 Å². The molecule has 0 aromatic heterocycles. The summed E-state index contributed by atoms with van der Waals surface area (Å²) in [5, 5.41) is 9.06. The summed E-state index contributed by atoms with van der Waals surface area (Å²) in [7, 11) is 0. The Hall–Kier alpha value is -1.06. The van der Waals surface area contributed by atoms with Crippen LogP contribution < -0.4 is 0 Å². The summed E-state index contributed by atoms with van der Waals surface area (Å²) >= 11 is 0. The van der Waals surface area contributed by atoms with E-state index in [0.29, 0.717) is 6.42 Å². The molecule has 0 spiro atoms. The van der Waals surface area contributed by atoms with Crippen molar-refractivity contribution in [2.24, 2.45) is 0 Å². The normalized spacial score (nSPS) is 14.2. The second-order valence-electron chi connectivity index (χ2n) is 4.17. The molecule has 0 heterocycles. The lowest BCUT2D eigenvalue weighted by molar-refractivity contribution is -0.177. The molecule has 1 unspecified atom stereocenters. The van der Waals surface area contributed by atoms with Crippen LogP contribution in [0.2, 0.25) is 0 Å². The van der Waals surface area contributed by atoms with Crippen LogP contribution in [0.25, 0.3) is 0 Å². The van der Waals surface area contributed by atoms with Crippen LogP contribution in [0.5, 0.6) is 0 Å². The van der Waals surface area contributed by atoms with Crippen molar-refractivity contribution >= 4 is 11.9 Å². The van der Waals surface area contributed by atoms with Gasteiger partial charge in [-0.3, -0.25) is 4.79 Å². The van der Waals surface area contributed by atoms with Crippen molar-refractivity contribution in [2.75, 3.05) is 0 Å². The van der Waals surface area contributed by atoms with Crippen LogP contribution >= 0.6 is 0 Å². The molecule has 0 fully saturated rings. The smallest absolute Gasteiger partial charge is 0.347 e. The van der Waals surface area contributed by atoms with Crippen molar-refractivity contribution in [3.63, 3.8) is 0 Å².